The number of halogens is 1. The van der Waals surface area contributed by atoms with Crippen LogP contribution in [-0.4, -0.2) is 16.7 Å². The topological polar surface area (TPSA) is 53.1 Å². The van der Waals surface area contributed by atoms with Crippen LogP contribution < -0.4 is 10.5 Å². The molecule has 0 radical (unpaired) electrons. The molecular weight excluding hydrogens is 221 g/mol. The second kappa shape index (κ2) is 4.55. The lowest BCUT2D eigenvalue weighted by Crippen LogP contribution is -2.11. The molecule has 2 N–H and O–H groups in total. The normalized spacial score (nSPS) is 12.5. The second-order valence-electron chi connectivity index (χ2n) is 3.79. The number of methoxy groups -OCH3 is 1. The smallest absolute Gasteiger partial charge is 0.147 e. The van der Waals surface area contributed by atoms with Gasteiger partial charge >= 0.3 is 0 Å². The second-order valence-corrected chi connectivity index (χ2v) is 3.79. The first kappa shape index (κ1) is 11.6. The molecule has 0 amide bonds. The highest BCUT2D eigenvalue weighted by Crippen LogP contribution is 2.23. The van der Waals surface area contributed by atoms with Crippen molar-refractivity contribution in [3.05, 3.63) is 42.2 Å². The van der Waals surface area contributed by atoms with Crippen molar-refractivity contribution in [2.45, 2.75) is 13.0 Å². The molecule has 2 rings (SSSR count). The summed E-state index contributed by atoms with van der Waals surface area (Å²) in [5.74, 6) is 0.247. The highest BCUT2D eigenvalue weighted by atomic mass is 19.1. The number of nitrogens with zero attached hydrogens (tertiary/aromatic N) is 2. The largest absolute Gasteiger partial charge is 0.497 e. The molecule has 0 aliphatic rings. The molecule has 0 saturated heterocycles. The summed E-state index contributed by atoms with van der Waals surface area (Å²) in [6.45, 7) is 1.82. The lowest BCUT2D eigenvalue weighted by atomic mass is 10.2. The minimum atomic E-state index is -0.342. The van der Waals surface area contributed by atoms with E-state index >= 15 is 0 Å². The van der Waals surface area contributed by atoms with Gasteiger partial charge in [-0.25, -0.2) is 9.37 Å². The summed E-state index contributed by atoms with van der Waals surface area (Å²) < 4.78 is 20.5. The number of benzene rings is 1. The van der Waals surface area contributed by atoms with E-state index in [-0.39, 0.29) is 11.9 Å². The van der Waals surface area contributed by atoms with Gasteiger partial charge in [0.15, 0.2) is 0 Å². The van der Waals surface area contributed by atoms with Crippen molar-refractivity contribution in [3.63, 3.8) is 0 Å². The Balaban J connectivity index is 2.55. The van der Waals surface area contributed by atoms with Crippen LogP contribution in [0, 0.1) is 5.82 Å². The Labute approximate surface area is 98.8 Å². The number of nitrogens with two attached hydrogens (primary N) is 1. The fourth-order valence-corrected chi connectivity index (χ4v) is 1.65. The van der Waals surface area contributed by atoms with Crippen LogP contribution in [0.3, 0.4) is 0 Å². The van der Waals surface area contributed by atoms with Gasteiger partial charge in [-0.1, -0.05) is 0 Å². The molecule has 1 heterocycles. The van der Waals surface area contributed by atoms with E-state index in [0.717, 1.165) is 5.69 Å². The highest BCUT2D eigenvalue weighted by molar-refractivity contribution is 5.42. The van der Waals surface area contributed by atoms with Gasteiger partial charge in [-0.2, -0.15) is 0 Å². The van der Waals surface area contributed by atoms with E-state index in [2.05, 4.69) is 4.98 Å². The quantitative estimate of drug-likeness (QED) is 0.885. The Kier molecular flexibility index (Phi) is 3.10. The van der Waals surface area contributed by atoms with Crippen LogP contribution in [0.15, 0.2) is 30.7 Å². The maximum absolute atomic E-state index is 13.8. The molecule has 90 valence electrons. The summed E-state index contributed by atoms with van der Waals surface area (Å²) in [5, 5.41) is 0. The summed E-state index contributed by atoms with van der Waals surface area (Å²) in [6, 6.07) is 4.33. The maximum atomic E-state index is 13.8. The van der Waals surface area contributed by atoms with Crippen LogP contribution in [0.25, 0.3) is 5.69 Å². The Morgan fingerprint density at radius 1 is 1.47 bits per heavy atom. The third-order valence-electron chi connectivity index (χ3n) is 2.55. The number of hydrogen-bond donors (Lipinski definition) is 1. The maximum Gasteiger partial charge on any atom is 0.147 e. The van der Waals surface area contributed by atoms with Crippen molar-refractivity contribution in [1.82, 2.24) is 9.55 Å². The molecule has 1 aromatic heterocycles. The van der Waals surface area contributed by atoms with Gasteiger partial charge in [-0.3, -0.25) is 4.57 Å². The zero-order valence-electron chi connectivity index (χ0n) is 9.72. The monoisotopic (exact) mass is 235 g/mol. The predicted octanol–water partition coefficient (Wildman–Crippen LogP) is 2.04. The Hall–Kier alpha value is -1.88. The number of imidazole rings is 1. The molecule has 1 aromatic carbocycles. The fourth-order valence-electron chi connectivity index (χ4n) is 1.65. The first-order valence-electron chi connectivity index (χ1n) is 5.25. The molecule has 1 atom stereocenters. The van der Waals surface area contributed by atoms with E-state index < -0.39 is 0 Å². The molecule has 5 heteroatoms. The van der Waals surface area contributed by atoms with Crippen LogP contribution >= 0.6 is 0 Å². The average Bonchev–Trinajstić information content (AvgIpc) is 2.78. The van der Waals surface area contributed by atoms with E-state index in [4.69, 9.17) is 10.5 Å². The van der Waals surface area contributed by atoms with Gasteiger partial charge in [-0.05, 0) is 19.1 Å². The third kappa shape index (κ3) is 2.14. The minimum absolute atomic E-state index is 0.219. The van der Waals surface area contributed by atoms with Crippen LogP contribution in [0.1, 0.15) is 18.7 Å². The molecule has 0 spiro atoms. The zero-order valence-corrected chi connectivity index (χ0v) is 9.72. The van der Waals surface area contributed by atoms with E-state index in [1.807, 2.05) is 6.92 Å². The van der Waals surface area contributed by atoms with E-state index in [9.17, 15) is 4.39 Å². The van der Waals surface area contributed by atoms with E-state index in [1.54, 1.807) is 22.9 Å². The van der Waals surface area contributed by atoms with Gasteiger partial charge in [0.05, 0.1) is 31.0 Å². The summed E-state index contributed by atoms with van der Waals surface area (Å²) in [6.07, 6.45) is 3.17. The van der Waals surface area contributed by atoms with E-state index in [1.165, 1.54) is 19.5 Å². The molecule has 0 aliphatic carbocycles. The van der Waals surface area contributed by atoms with Gasteiger partial charge in [0.1, 0.15) is 11.6 Å². The lowest BCUT2D eigenvalue weighted by Gasteiger charge is -2.12. The van der Waals surface area contributed by atoms with Gasteiger partial charge in [0.25, 0.3) is 0 Å². The van der Waals surface area contributed by atoms with Crippen LogP contribution in [-0.2, 0) is 0 Å². The molecule has 0 aliphatic heterocycles. The fraction of sp³-hybridized carbons (Fsp3) is 0.250. The van der Waals surface area contributed by atoms with Gasteiger partial charge < -0.3 is 10.5 Å². The first-order chi connectivity index (χ1) is 8.13. The number of aromatic nitrogens is 2. The highest BCUT2D eigenvalue weighted by Gasteiger charge is 2.12. The summed E-state index contributed by atoms with van der Waals surface area (Å²) >= 11 is 0. The summed E-state index contributed by atoms with van der Waals surface area (Å²) in [4.78, 5) is 3.99. The van der Waals surface area contributed by atoms with Gasteiger partial charge in [0, 0.05) is 12.1 Å². The molecule has 4 nitrogen and oxygen atoms in total. The van der Waals surface area contributed by atoms with Crippen molar-refractivity contribution in [3.8, 4) is 11.4 Å². The van der Waals surface area contributed by atoms with Crippen LogP contribution in [0.2, 0.25) is 0 Å². The standard InChI is InChI=1S/C12H14FN3O/c1-8(14)12-6-15-7-16(12)11-5-9(17-2)3-4-10(11)13/h3-8H,14H2,1-2H3. The molecule has 0 bridgehead atoms. The Morgan fingerprint density at radius 3 is 2.88 bits per heavy atom. The number of rotatable bonds is 3. The molecular formula is C12H14FN3O. The summed E-state index contributed by atoms with van der Waals surface area (Å²) in [5.41, 5.74) is 6.93. The summed E-state index contributed by atoms with van der Waals surface area (Å²) in [7, 11) is 1.54. The molecule has 17 heavy (non-hydrogen) atoms. The molecule has 0 fully saturated rings. The van der Waals surface area contributed by atoms with Crippen LogP contribution in [0.4, 0.5) is 4.39 Å². The third-order valence-corrected chi connectivity index (χ3v) is 2.55. The van der Waals surface area contributed by atoms with E-state index in [0.29, 0.717) is 11.4 Å². The van der Waals surface area contributed by atoms with Crippen molar-refractivity contribution < 1.29 is 9.13 Å². The minimum Gasteiger partial charge on any atom is -0.497 e. The zero-order chi connectivity index (χ0) is 12.4. The predicted molar refractivity (Wildman–Crippen MR) is 62.7 cm³/mol. The van der Waals surface area contributed by atoms with Crippen molar-refractivity contribution in [2.75, 3.05) is 7.11 Å². The lowest BCUT2D eigenvalue weighted by molar-refractivity contribution is 0.413. The molecule has 0 saturated carbocycles. The molecule has 2 aromatic rings. The van der Waals surface area contributed by atoms with Crippen molar-refractivity contribution >= 4 is 0 Å². The SMILES string of the molecule is COc1ccc(F)c(-n2cncc2C(C)N)c1. The number of hydrogen-bond acceptors (Lipinski definition) is 3. The van der Waals surface area contributed by atoms with Crippen molar-refractivity contribution in [1.29, 1.82) is 0 Å². The van der Waals surface area contributed by atoms with Gasteiger partial charge in [0.2, 0.25) is 0 Å². The number of ether oxygens (including phenoxy) is 1. The van der Waals surface area contributed by atoms with Crippen LogP contribution in [0.5, 0.6) is 5.75 Å². The first-order valence-corrected chi connectivity index (χ1v) is 5.25. The Bertz CT molecular complexity index is 522. The Morgan fingerprint density at radius 2 is 2.24 bits per heavy atom. The molecule has 1 unspecified atom stereocenters. The van der Waals surface area contributed by atoms with Crippen molar-refractivity contribution in [2.24, 2.45) is 5.73 Å². The van der Waals surface area contributed by atoms with Gasteiger partial charge in [-0.15, -0.1) is 0 Å². The average molecular weight is 235 g/mol.